The first-order valence-electron chi connectivity index (χ1n) is 14.8. The lowest BCUT2D eigenvalue weighted by Crippen LogP contribution is -2.38. The van der Waals surface area contributed by atoms with E-state index >= 15 is 0 Å². The fourth-order valence-corrected chi connectivity index (χ4v) is 7.49. The van der Waals surface area contributed by atoms with Crippen molar-refractivity contribution in [2.24, 2.45) is 13.0 Å². The Morgan fingerprint density at radius 1 is 0.975 bits per heavy atom. The molecule has 1 aromatic heterocycles. The van der Waals surface area contributed by atoms with Crippen molar-refractivity contribution in [3.05, 3.63) is 95.4 Å². The average Bonchev–Trinajstić information content (AvgIpc) is 3.42. The quantitative estimate of drug-likeness (QED) is 0.209. The van der Waals surface area contributed by atoms with Gasteiger partial charge >= 0.3 is 0 Å². The van der Waals surface area contributed by atoms with E-state index < -0.39 is 0 Å². The van der Waals surface area contributed by atoms with Gasteiger partial charge in [-0.1, -0.05) is 75.6 Å². The first-order valence-corrected chi connectivity index (χ1v) is 14.8. The third kappa shape index (κ3) is 3.58. The van der Waals surface area contributed by atoms with E-state index in [1.807, 2.05) is 42.1 Å². The summed E-state index contributed by atoms with van der Waals surface area (Å²) in [6.45, 7) is 5.44. The van der Waals surface area contributed by atoms with E-state index in [0.717, 1.165) is 42.3 Å². The number of aliphatic hydroxyl groups excluding tert-OH is 1. The molecule has 1 saturated carbocycles. The Morgan fingerprint density at radius 3 is 2.45 bits per heavy atom. The fraction of sp³-hybridized carbons (Fsp3) is 0.333. The molecule has 0 atom stereocenters. The van der Waals surface area contributed by atoms with Crippen LogP contribution in [0.1, 0.15) is 63.5 Å². The molecule has 2 heterocycles. The summed E-state index contributed by atoms with van der Waals surface area (Å²) in [6.07, 6.45) is 10.8. The third-order valence-corrected chi connectivity index (χ3v) is 9.51. The Bertz CT molecular complexity index is 1790. The van der Waals surface area contributed by atoms with Gasteiger partial charge < -0.3 is 9.67 Å². The van der Waals surface area contributed by atoms with Crippen LogP contribution in [0.2, 0.25) is 0 Å². The van der Waals surface area contributed by atoms with Gasteiger partial charge in [-0.2, -0.15) is 4.58 Å². The Morgan fingerprint density at radius 2 is 1.70 bits per heavy atom. The minimum Gasteiger partial charge on any atom is -0.506 e. The molecule has 1 N–H and O–H groups in total. The molecule has 0 unspecified atom stereocenters. The van der Waals surface area contributed by atoms with Crippen molar-refractivity contribution in [2.75, 3.05) is 6.54 Å². The van der Waals surface area contributed by atoms with Crippen LogP contribution in [0.3, 0.4) is 0 Å². The number of carbonyl (C=O) groups excluding carboxylic acids is 1. The van der Waals surface area contributed by atoms with Gasteiger partial charge in [0.1, 0.15) is 12.3 Å². The van der Waals surface area contributed by atoms with E-state index in [4.69, 9.17) is 0 Å². The second-order valence-corrected chi connectivity index (χ2v) is 12.3. The van der Waals surface area contributed by atoms with Crippen LogP contribution in [-0.4, -0.2) is 32.3 Å². The van der Waals surface area contributed by atoms with Crippen LogP contribution < -0.4 is 0 Å². The zero-order valence-electron chi connectivity index (χ0n) is 23.7. The molecule has 2 aliphatic carbocycles. The summed E-state index contributed by atoms with van der Waals surface area (Å²) in [5, 5.41) is 15.0. The largest absolute Gasteiger partial charge is 0.506 e. The topological polar surface area (TPSA) is 45.2 Å². The first kappa shape index (κ1) is 25.1. The van der Waals surface area contributed by atoms with Gasteiger partial charge in [0.25, 0.3) is 0 Å². The van der Waals surface area contributed by atoms with Crippen molar-refractivity contribution in [1.82, 2.24) is 4.57 Å². The van der Waals surface area contributed by atoms with Gasteiger partial charge in [-0.25, -0.2) is 0 Å². The highest BCUT2D eigenvalue weighted by Crippen LogP contribution is 2.52. The zero-order valence-corrected chi connectivity index (χ0v) is 23.7. The number of carbonyl (C=O) groups is 1. The predicted molar refractivity (Wildman–Crippen MR) is 164 cm³/mol. The molecule has 3 aliphatic rings. The molecule has 202 valence electrons. The second-order valence-electron chi connectivity index (χ2n) is 12.3. The lowest BCUT2D eigenvalue weighted by Gasteiger charge is -2.33. The van der Waals surface area contributed by atoms with E-state index in [-0.39, 0.29) is 17.0 Å². The van der Waals surface area contributed by atoms with E-state index in [1.54, 1.807) is 0 Å². The van der Waals surface area contributed by atoms with Gasteiger partial charge in [-0.15, -0.1) is 0 Å². The van der Waals surface area contributed by atoms with Gasteiger partial charge in [-0.3, -0.25) is 4.79 Å². The lowest BCUT2D eigenvalue weighted by atomic mass is 9.65. The highest BCUT2D eigenvalue weighted by Gasteiger charge is 2.53. The molecule has 0 radical (unpaired) electrons. The minimum atomic E-state index is -0.145. The van der Waals surface area contributed by atoms with E-state index in [2.05, 4.69) is 60.9 Å². The predicted octanol–water partition coefficient (Wildman–Crippen LogP) is 8.16. The molecule has 7 rings (SSSR count). The standard InChI is InChI=1S/C36H36N2O2/c1-23(2)17-20-38-30-16-15-24-11-5-6-12-25(24)33(30)36(18-9-4-10-19-36)31(38)21-27-34(39)32(35(27)40)28-22-37(3)29-14-8-7-13-26(28)29/h5-8,11-16,21-23H,4,9-10,17-20H2,1-3H3/p+1. The molecule has 4 aromatic rings. The summed E-state index contributed by atoms with van der Waals surface area (Å²) in [4.78, 5) is 13.8. The summed E-state index contributed by atoms with van der Waals surface area (Å²) in [7, 11) is 1.98. The van der Waals surface area contributed by atoms with Crippen molar-refractivity contribution in [3.8, 4) is 0 Å². The number of ketones is 1. The van der Waals surface area contributed by atoms with Gasteiger partial charge in [0, 0.05) is 53.8 Å². The summed E-state index contributed by atoms with van der Waals surface area (Å²) in [5.41, 5.74) is 6.51. The van der Waals surface area contributed by atoms with Crippen LogP contribution in [0, 0.1) is 5.92 Å². The van der Waals surface area contributed by atoms with Crippen LogP contribution in [0.4, 0.5) is 5.69 Å². The number of allylic oxidation sites excluding steroid dienone is 3. The number of hydrogen-bond donors (Lipinski definition) is 1. The molecule has 1 fully saturated rings. The van der Waals surface area contributed by atoms with Crippen molar-refractivity contribution in [1.29, 1.82) is 0 Å². The van der Waals surface area contributed by atoms with Crippen LogP contribution >= 0.6 is 0 Å². The Balaban J connectivity index is 1.43. The molecule has 4 heteroatoms. The fourth-order valence-electron chi connectivity index (χ4n) is 7.49. The Kier molecular flexibility index (Phi) is 5.85. The van der Waals surface area contributed by atoms with Crippen molar-refractivity contribution >= 4 is 44.4 Å². The van der Waals surface area contributed by atoms with Crippen molar-refractivity contribution < 1.29 is 14.5 Å². The Labute approximate surface area is 236 Å². The average molecular weight is 530 g/mol. The number of aliphatic hydroxyl groups is 1. The van der Waals surface area contributed by atoms with Crippen molar-refractivity contribution in [3.63, 3.8) is 0 Å². The summed E-state index contributed by atoms with van der Waals surface area (Å²) >= 11 is 0. The maximum atomic E-state index is 13.8. The molecule has 1 aliphatic heterocycles. The molecule has 40 heavy (non-hydrogen) atoms. The highest BCUT2D eigenvalue weighted by atomic mass is 16.3. The molecule has 4 nitrogen and oxygen atoms in total. The van der Waals surface area contributed by atoms with E-state index in [9.17, 15) is 9.90 Å². The molecule has 0 saturated heterocycles. The molecule has 0 bridgehead atoms. The van der Waals surface area contributed by atoms with E-state index in [0.29, 0.717) is 17.1 Å². The molecule has 1 spiro atoms. The number of fused-ring (bicyclic) bond motifs is 5. The second kappa shape index (κ2) is 9.33. The monoisotopic (exact) mass is 529 g/mol. The number of para-hydroxylation sites is 1. The summed E-state index contributed by atoms with van der Waals surface area (Å²) < 4.78 is 4.51. The molecular formula is C36H37N2O2+. The number of aryl methyl sites for hydroxylation is 1. The number of Topliss-reactive ketones (excluding diaryl/α,β-unsaturated/α-hetero) is 1. The Hall–Kier alpha value is -3.92. The number of aromatic nitrogens is 1. The molecule has 3 aromatic carbocycles. The summed E-state index contributed by atoms with van der Waals surface area (Å²) in [6, 6.07) is 21.3. The maximum absolute atomic E-state index is 13.8. The van der Waals surface area contributed by atoms with Gasteiger partial charge in [0.05, 0.1) is 16.6 Å². The van der Waals surface area contributed by atoms with Gasteiger partial charge in [0.15, 0.2) is 5.71 Å². The lowest BCUT2D eigenvalue weighted by molar-refractivity contribution is -0.439. The number of rotatable bonds is 5. The molecular weight excluding hydrogens is 492 g/mol. The normalized spacial score (nSPS) is 19.5. The molecule has 0 amide bonds. The SMILES string of the molecule is CC(C)CC[N+]1=C(C=C2C(=O)C(c3cn(C)c4ccccc34)=C2O)C2(CCCCC2)c2c1ccc1ccccc21. The van der Waals surface area contributed by atoms with Crippen LogP contribution in [0.5, 0.6) is 0 Å². The zero-order chi connectivity index (χ0) is 27.6. The summed E-state index contributed by atoms with van der Waals surface area (Å²) in [5.74, 6) is 0.638. The van der Waals surface area contributed by atoms with Crippen LogP contribution in [0.25, 0.3) is 27.2 Å². The smallest absolute Gasteiger partial charge is 0.210 e. The first-order chi connectivity index (χ1) is 19.4. The van der Waals surface area contributed by atoms with Crippen LogP contribution in [0.15, 0.2) is 84.3 Å². The number of nitrogens with zero attached hydrogens (tertiary/aromatic N) is 2. The van der Waals surface area contributed by atoms with Crippen LogP contribution in [-0.2, 0) is 17.3 Å². The van der Waals surface area contributed by atoms with Crippen molar-refractivity contribution in [2.45, 2.75) is 57.8 Å². The number of hydrogen-bond acceptors (Lipinski definition) is 2. The van der Waals surface area contributed by atoms with E-state index in [1.165, 1.54) is 47.0 Å². The minimum absolute atomic E-state index is 0.0584. The highest BCUT2D eigenvalue weighted by molar-refractivity contribution is 6.41. The maximum Gasteiger partial charge on any atom is 0.210 e. The third-order valence-electron chi connectivity index (χ3n) is 9.51. The van der Waals surface area contributed by atoms with Gasteiger partial charge in [-0.05, 0) is 41.7 Å². The number of benzene rings is 3. The van der Waals surface area contributed by atoms with Gasteiger partial charge in [0.2, 0.25) is 11.5 Å².